The van der Waals surface area contributed by atoms with Crippen LogP contribution in [0.2, 0.25) is 0 Å². The van der Waals surface area contributed by atoms with E-state index in [4.69, 9.17) is 31.5 Å². The van der Waals surface area contributed by atoms with Gasteiger partial charge in [0.05, 0.1) is 14.2 Å². The molecule has 0 saturated carbocycles. The second kappa shape index (κ2) is 13.1. The zero-order valence-corrected chi connectivity index (χ0v) is 22.0. The number of anilines is 1. The van der Waals surface area contributed by atoms with Crippen LogP contribution in [0.5, 0.6) is 17.2 Å². The molecule has 1 N–H and O–H groups in total. The van der Waals surface area contributed by atoms with Crippen LogP contribution in [0.1, 0.15) is 11.1 Å². The third-order valence-electron chi connectivity index (χ3n) is 5.41. The first-order chi connectivity index (χ1) is 17.8. The van der Waals surface area contributed by atoms with Gasteiger partial charge < -0.3 is 24.2 Å². The van der Waals surface area contributed by atoms with E-state index < -0.39 is 5.97 Å². The monoisotopic (exact) mass is 515 g/mol. The molecule has 0 fully saturated rings. The zero-order valence-electron chi connectivity index (χ0n) is 21.2. The van der Waals surface area contributed by atoms with Crippen LogP contribution in [0.4, 0.5) is 5.69 Å². The number of ether oxygens (including phenoxy) is 3. The first-order valence-electron chi connectivity index (χ1n) is 11.4. The van der Waals surface area contributed by atoms with Gasteiger partial charge in [-0.2, -0.15) is 0 Å². The number of aryl methyl sites for hydroxylation is 1. The molecule has 6 nitrogen and oxygen atoms in total. The fourth-order valence-corrected chi connectivity index (χ4v) is 3.67. The van der Waals surface area contributed by atoms with Crippen molar-refractivity contribution in [3.05, 3.63) is 102 Å². The summed E-state index contributed by atoms with van der Waals surface area (Å²) in [6, 6.07) is 27.5. The van der Waals surface area contributed by atoms with Crippen molar-refractivity contribution in [1.82, 2.24) is 0 Å². The van der Waals surface area contributed by atoms with Crippen LogP contribution < -0.4 is 19.1 Å². The number of carboxylic acids is 1. The van der Waals surface area contributed by atoms with Gasteiger partial charge in [0.15, 0.2) is 11.5 Å². The summed E-state index contributed by atoms with van der Waals surface area (Å²) in [4.78, 5) is 12.2. The summed E-state index contributed by atoms with van der Waals surface area (Å²) < 4.78 is 16.0. The molecule has 0 aliphatic carbocycles. The standard InChI is InChI=1S/C19H17NOS.C11H12O4/c1-14-6-5-9-17(12-14)20(2)19(22)21-18-11-10-15-7-3-4-8-16(15)13-18;1-14-9-5-3-8(4-6-11(12)13)7-10(9)15-2/h3-13H,1-2H3;3-7H,1-2H3,(H,12,13). The number of fused-ring (bicyclic) bond motifs is 1. The van der Waals surface area contributed by atoms with E-state index in [-0.39, 0.29) is 0 Å². The quantitative estimate of drug-likeness (QED) is 0.225. The topological polar surface area (TPSA) is 68.2 Å². The summed E-state index contributed by atoms with van der Waals surface area (Å²) >= 11 is 5.41. The molecule has 4 rings (SSSR count). The first kappa shape index (κ1) is 27.2. The molecule has 0 radical (unpaired) electrons. The number of methoxy groups -OCH3 is 2. The molecular weight excluding hydrogens is 486 g/mol. The van der Waals surface area contributed by atoms with Crippen molar-refractivity contribution >= 4 is 45.9 Å². The molecule has 4 aromatic carbocycles. The maximum absolute atomic E-state index is 10.3. The van der Waals surface area contributed by atoms with Crippen molar-refractivity contribution in [3.8, 4) is 17.2 Å². The second-order valence-corrected chi connectivity index (χ2v) is 8.41. The minimum Gasteiger partial charge on any atom is -0.493 e. The Balaban J connectivity index is 0.000000222. The molecule has 0 amide bonds. The van der Waals surface area contributed by atoms with Gasteiger partial charge in [-0.15, -0.1) is 0 Å². The summed E-state index contributed by atoms with van der Waals surface area (Å²) in [6.45, 7) is 2.06. The van der Waals surface area contributed by atoms with Gasteiger partial charge in [-0.05, 0) is 83.5 Å². The zero-order chi connectivity index (χ0) is 26.8. The Labute approximate surface area is 222 Å². The summed E-state index contributed by atoms with van der Waals surface area (Å²) in [5.74, 6) is 0.961. The predicted octanol–water partition coefficient (Wildman–Crippen LogP) is 6.75. The summed E-state index contributed by atoms with van der Waals surface area (Å²) in [5.41, 5.74) is 2.96. The Morgan fingerprint density at radius 3 is 2.27 bits per heavy atom. The number of benzene rings is 4. The SMILES string of the molecule is COc1ccc(C=CC(=O)O)cc1OC.Cc1cccc(N(C)C(=S)Oc2ccc3ccccc3c2)c1. The van der Waals surface area contributed by atoms with Gasteiger partial charge in [0.1, 0.15) is 5.75 Å². The fourth-order valence-electron chi connectivity index (χ4n) is 3.47. The number of hydrogen-bond donors (Lipinski definition) is 1. The summed E-state index contributed by atoms with van der Waals surface area (Å²) in [6.07, 6.45) is 2.56. The Morgan fingerprint density at radius 2 is 1.59 bits per heavy atom. The molecule has 0 heterocycles. The van der Waals surface area contributed by atoms with E-state index in [1.165, 1.54) is 24.1 Å². The van der Waals surface area contributed by atoms with E-state index in [9.17, 15) is 4.79 Å². The average Bonchev–Trinajstić information content (AvgIpc) is 2.91. The molecule has 0 atom stereocenters. The maximum Gasteiger partial charge on any atom is 0.328 e. The highest BCUT2D eigenvalue weighted by Gasteiger charge is 2.10. The highest BCUT2D eigenvalue weighted by atomic mass is 32.1. The average molecular weight is 516 g/mol. The Bertz CT molecular complexity index is 1420. The van der Waals surface area contributed by atoms with Crippen molar-refractivity contribution in [2.45, 2.75) is 6.92 Å². The first-order valence-corrected chi connectivity index (χ1v) is 11.9. The summed E-state index contributed by atoms with van der Waals surface area (Å²) in [7, 11) is 4.99. The van der Waals surface area contributed by atoms with Gasteiger partial charge in [0.2, 0.25) is 0 Å². The fraction of sp³-hybridized carbons (Fsp3) is 0.133. The van der Waals surface area contributed by atoms with Gasteiger partial charge >= 0.3 is 5.97 Å². The van der Waals surface area contributed by atoms with Gasteiger partial charge in [-0.3, -0.25) is 0 Å². The second-order valence-electron chi connectivity index (χ2n) is 8.06. The molecule has 0 aromatic heterocycles. The number of nitrogens with zero attached hydrogens (tertiary/aromatic N) is 1. The number of carboxylic acid groups (broad SMARTS) is 1. The number of thiocarbonyl (C=S) groups is 1. The lowest BCUT2D eigenvalue weighted by molar-refractivity contribution is -0.131. The third-order valence-corrected chi connectivity index (χ3v) is 5.77. The molecule has 190 valence electrons. The largest absolute Gasteiger partial charge is 0.493 e. The van der Waals surface area contributed by atoms with E-state index in [0.29, 0.717) is 16.7 Å². The lowest BCUT2D eigenvalue weighted by atomic mass is 10.1. The number of rotatable bonds is 6. The molecule has 7 heteroatoms. The molecule has 0 bridgehead atoms. The highest BCUT2D eigenvalue weighted by Crippen LogP contribution is 2.28. The van der Waals surface area contributed by atoms with Crippen LogP contribution >= 0.6 is 12.2 Å². The molecule has 0 aliphatic rings. The number of carbonyl (C=O) groups is 1. The van der Waals surface area contributed by atoms with Crippen molar-refractivity contribution in [3.63, 3.8) is 0 Å². The van der Waals surface area contributed by atoms with E-state index in [2.05, 4.69) is 31.2 Å². The molecule has 0 spiro atoms. The van der Waals surface area contributed by atoms with Crippen LogP contribution in [-0.4, -0.2) is 37.5 Å². The number of aliphatic carboxylic acids is 1. The van der Waals surface area contributed by atoms with Crippen LogP contribution in [-0.2, 0) is 4.79 Å². The van der Waals surface area contributed by atoms with Crippen molar-refractivity contribution in [2.75, 3.05) is 26.2 Å². The normalized spacial score (nSPS) is 10.4. The molecule has 0 aliphatic heterocycles. The minimum absolute atomic E-state index is 0.431. The van der Waals surface area contributed by atoms with Gasteiger partial charge in [0, 0.05) is 18.8 Å². The Hall–Kier alpha value is -4.36. The van der Waals surface area contributed by atoms with E-state index in [1.54, 1.807) is 25.3 Å². The van der Waals surface area contributed by atoms with Gasteiger partial charge in [0.25, 0.3) is 5.17 Å². The third kappa shape index (κ3) is 7.81. The van der Waals surface area contributed by atoms with E-state index >= 15 is 0 Å². The molecule has 4 aromatic rings. The maximum atomic E-state index is 10.3. The van der Waals surface area contributed by atoms with Crippen LogP contribution in [0.3, 0.4) is 0 Å². The van der Waals surface area contributed by atoms with Crippen molar-refractivity contribution in [2.24, 2.45) is 0 Å². The molecule has 0 unspecified atom stereocenters. The van der Waals surface area contributed by atoms with Crippen LogP contribution in [0.25, 0.3) is 16.8 Å². The predicted molar refractivity (Wildman–Crippen MR) is 153 cm³/mol. The van der Waals surface area contributed by atoms with Crippen LogP contribution in [0, 0.1) is 6.92 Å². The van der Waals surface area contributed by atoms with Gasteiger partial charge in [-0.25, -0.2) is 4.79 Å². The number of hydrogen-bond acceptors (Lipinski definition) is 5. The summed E-state index contributed by atoms with van der Waals surface area (Å²) in [5, 5.41) is 11.2. The lowest BCUT2D eigenvalue weighted by Gasteiger charge is -2.20. The lowest BCUT2D eigenvalue weighted by Crippen LogP contribution is -2.29. The highest BCUT2D eigenvalue weighted by molar-refractivity contribution is 7.80. The van der Waals surface area contributed by atoms with Crippen LogP contribution in [0.15, 0.2) is 91.0 Å². The molecule has 37 heavy (non-hydrogen) atoms. The van der Waals surface area contributed by atoms with E-state index in [1.807, 2.05) is 54.4 Å². The Kier molecular flexibility index (Phi) is 9.63. The van der Waals surface area contributed by atoms with Crippen molar-refractivity contribution < 1.29 is 24.1 Å². The van der Waals surface area contributed by atoms with Gasteiger partial charge in [-0.1, -0.05) is 48.5 Å². The smallest absolute Gasteiger partial charge is 0.328 e. The van der Waals surface area contributed by atoms with E-state index in [0.717, 1.165) is 28.5 Å². The molecule has 0 saturated heterocycles. The molecular formula is C30H29NO5S. The Morgan fingerprint density at radius 1 is 0.865 bits per heavy atom. The van der Waals surface area contributed by atoms with Crippen molar-refractivity contribution in [1.29, 1.82) is 0 Å². The minimum atomic E-state index is -0.982.